The third-order valence-corrected chi connectivity index (χ3v) is 2.81. The van der Waals surface area contributed by atoms with Crippen LogP contribution in [0.4, 0.5) is 5.95 Å². The van der Waals surface area contributed by atoms with Gasteiger partial charge < -0.3 is 10.7 Å². The molecule has 0 aliphatic heterocycles. The molecule has 3 aromatic rings. The molecular formula is C8H7N5S. The molecule has 6 heteroatoms. The van der Waals surface area contributed by atoms with Crippen LogP contribution in [0.3, 0.4) is 0 Å². The third-order valence-electron chi connectivity index (χ3n) is 1.99. The summed E-state index contributed by atoms with van der Waals surface area (Å²) in [7, 11) is 0. The second kappa shape index (κ2) is 2.58. The fourth-order valence-electron chi connectivity index (χ4n) is 1.38. The van der Waals surface area contributed by atoms with Crippen LogP contribution in [0.1, 0.15) is 0 Å². The number of nitrogen functional groups attached to an aromatic ring is 1. The van der Waals surface area contributed by atoms with Crippen LogP contribution in [0.5, 0.6) is 0 Å². The Kier molecular flexibility index (Phi) is 1.40. The number of hydrogen-bond acceptors (Lipinski definition) is 4. The van der Waals surface area contributed by atoms with Crippen LogP contribution in [0.25, 0.3) is 16.2 Å². The van der Waals surface area contributed by atoms with E-state index in [9.17, 15) is 0 Å². The fraction of sp³-hybridized carbons (Fsp3) is 0. The Morgan fingerprint density at radius 1 is 1.50 bits per heavy atom. The summed E-state index contributed by atoms with van der Waals surface area (Å²) in [5.41, 5.74) is 7.61. The lowest BCUT2D eigenvalue weighted by Crippen LogP contribution is -1.90. The number of anilines is 1. The van der Waals surface area contributed by atoms with Crippen LogP contribution in [-0.4, -0.2) is 19.6 Å². The first-order chi connectivity index (χ1) is 6.84. The van der Waals surface area contributed by atoms with Crippen molar-refractivity contribution in [2.24, 2.45) is 0 Å². The van der Waals surface area contributed by atoms with Crippen LogP contribution in [-0.2, 0) is 0 Å². The van der Waals surface area contributed by atoms with Crippen LogP contribution >= 0.6 is 11.3 Å². The van der Waals surface area contributed by atoms with Crippen molar-refractivity contribution in [3.63, 3.8) is 0 Å². The largest absolute Gasteiger partial charge is 0.367 e. The van der Waals surface area contributed by atoms with E-state index in [1.54, 1.807) is 4.52 Å². The molecule has 0 spiro atoms. The van der Waals surface area contributed by atoms with Gasteiger partial charge in [-0.3, -0.25) is 0 Å². The standard InChI is InChI=1S/C8H7N5S/c9-7-11-8-13(12-7)6(4-14-8)5-1-2-10-3-5/h1-4,10H,(H2,9,12). The average molecular weight is 205 g/mol. The molecule has 0 saturated heterocycles. The summed E-state index contributed by atoms with van der Waals surface area (Å²) < 4.78 is 1.75. The highest BCUT2D eigenvalue weighted by molar-refractivity contribution is 7.15. The van der Waals surface area contributed by atoms with Gasteiger partial charge in [-0.05, 0) is 6.07 Å². The Hall–Kier alpha value is -1.82. The van der Waals surface area contributed by atoms with Crippen LogP contribution in [0.2, 0.25) is 0 Å². The quantitative estimate of drug-likeness (QED) is 0.630. The zero-order valence-electron chi connectivity index (χ0n) is 7.14. The van der Waals surface area contributed by atoms with E-state index in [0.29, 0.717) is 5.95 Å². The zero-order valence-corrected chi connectivity index (χ0v) is 7.95. The molecule has 0 aliphatic carbocycles. The number of rotatable bonds is 1. The van der Waals surface area contributed by atoms with Crippen LogP contribution in [0, 0.1) is 0 Å². The first-order valence-corrected chi connectivity index (χ1v) is 4.95. The predicted molar refractivity (Wildman–Crippen MR) is 55.1 cm³/mol. The van der Waals surface area contributed by atoms with Gasteiger partial charge in [-0.25, -0.2) is 4.52 Å². The minimum atomic E-state index is 0.314. The molecule has 0 unspecified atom stereocenters. The molecule has 3 heterocycles. The molecule has 3 rings (SSSR count). The van der Waals surface area contributed by atoms with E-state index in [2.05, 4.69) is 15.1 Å². The lowest BCUT2D eigenvalue weighted by Gasteiger charge is -1.91. The molecule has 0 amide bonds. The summed E-state index contributed by atoms with van der Waals surface area (Å²) >= 11 is 1.53. The van der Waals surface area contributed by atoms with E-state index in [1.807, 2.05) is 23.8 Å². The molecule has 0 aromatic carbocycles. The lowest BCUT2D eigenvalue weighted by atomic mass is 10.3. The maximum Gasteiger partial charge on any atom is 0.241 e. The molecule has 3 N–H and O–H groups in total. The second-order valence-electron chi connectivity index (χ2n) is 2.89. The van der Waals surface area contributed by atoms with Crippen molar-refractivity contribution in [2.75, 3.05) is 5.73 Å². The summed E-state index contributed by atoms with van der Waals surface area (Å²) in [4.78, 5) is 7.90. The Bertz CT molecular complexity index is 562. The van der Waals surface area contributed by atoms with Gasteiger partial charge >= 0.3 is 0 Å². The maximum atomic E-state index is 5.51. The highest BCUT2D eigenvalue weighted by Gasteiger charge is 2.09. The number of nitrogens with zero attached hydrogens (tertiary/aromatic N) is 3. The molecule has 3 aromatic heterocycles. The molecule has 14 heavy (non-hydrogen) atoms. The number of aromatic nitrogens is 4. The van der Waals surface area contributed by atoms with E-state index in [0.717, 1.165) is 16.2 Å². The average Bonchev–Trinajstić information content (AvgIpc) is 2.77. The first-order valence-electron chi connectivity index (χ1n) is 4.07. The zero-order chi connectivity index (χ0) is 9.54. The minimum absolute atomic E-state index is 0.314. The fourth-order valence-corrected chi connectivity index (χ4v) is 2.22. The highest BCUT2D eigenvalue weighted by Crippen LogP contribution is 2.24. The number of thiazole rings is 1. The monoisotopic (exact) mass is 205 g/mol. The van der Waals surface area contributed by atoms with Gasteiger partial charge in [0.1, 0.15) is 0 Å². The Labute approximate surface area is 83.2 Å². The van der Waals surface area contributed by atoms with Crippen molar-refractivity contribution in [2.45, 2.75) is 0 Å². The lowest BCUT2D eigenvalue weighted by molar-refractivity contribution is 0.993. The van der Waals surface area contributed by atoms with Crippen molar-refractivity contribution in [3.8, 4) is 11.3 Å². The number of nitrogens with two attached hydrogens (primary N) is 1. The summed E-state index contributed by atoms with van der Waals surface area (Å²) in [6.45, 7) is 0. The minimum Gasteiger partial charge on any atom is -0.367 e. The van der Waals surface area contributed by atoms with Gasteiger partial charge in [-0.1, -0.05) is 0 Å². The topological polar surface area (TPSA) is 72.0 Å². The summed E-state index contributed by atoms with van der Waals surface area (Å²) in [5.74, 6) is 0.314. The molecule has 0 saturated carbocycles. The van der Waals surface area contributed by atoms with Gasteiger partial charge in [0, 0.05) is 23.3 Å². The molecule has 0 bridgehead atoms. The van der Waals surface area contributed by atoms with Crippen LogP contribution < -0.4 is 5.73 Å². The summed E-state index contributed by atoms with van der Waals surface area (Å²) in [6, 6.07) is 1.99. The summed E-state index contributed by atoms with van der Waals surface area (Å²) in [6.07, 6.45) is 3.79. The van der Waals surface area contributed by atoms with Crippen molar-refractivity contribution in [1.82, 2.24) is 19.6 Å². The van der Waals surface area contributed by atoms with Crippen molar-refractivity contribution in [3.05, 3.63) is 23.8 Å². The van der Waals surface area contributed by atoms with Crippen molar-refractivity contribution < 1.29 is 0 Å². The van der Waals surface area contributed by atoms with Crippen molar-refractivity contribution >= 4 is 22.2 Å². The van der Waals surface area contributed by atoms with Gasteiger partial charge in [-0.2, -0.15) is 4.98 Å². The number of hydrogen-bond donors (Lipinski definition) is 2. The van der Waals surface area contributed by atoms with Gasteiger partial charge in [0.15, 0.2) is 0 Å². The molecule has 0 atom stereocenters. The molecule has 0 fully saturated rings. The van der Waals surface area contributed by atoms with Crippen molar-refractivity contribution in [1.29, 1.82) is 0 Å². The van der Waals surface area contributed by atoms with Gasteiger partial charge in [0.25, 0.3) is 0 Å². The van der Waals surface area contributed by atoms with Gasteiger partial charge in [-0.15, -0.1) is 16.4 Å². The molecule has 5 nitrogen and oxygen atoms in total. The summed E-state index contributed by atoms with van der Waals surface area (Å²) in [5, 5.41) is 6.12. The van der Waals surface area contributed by atoms with E-state index < -0.39 is 0 Å². The number of nitrogens with one attached hydrogen (secondary N) is 1. The number of aromatic amines is 1. The van der Waals surface area contributed by atoms with E-state index in [1.165, 1.54) is 11.3 Å². The van der Waals surface area contributed by atoms with E-state index in [-0.39, 0.29) is 0 Å². The first kappa shape index (κ1) is 7.57. The Morgan fingerprint density at radius 3 is 3.21 bits per heavy atom. The van der Waals surface area contributed by atoms with Gasteiger partial charge in [0.2, 0.25) is 10.9 Å². The highest BCUT2D eigenvalue weighted by atomic mass is 32.1. The SMILES string of the molecule is Nc1nc2scc(-c3cc[nH]c3)n2n1. The number of H-pyrrole nitrogens is 1. The van der Waals surface area contributed by atoms with Crippen LogP contribution in [0.15, 0.2) is 23.8 Å². The molecule has 0 aliphatic rings. The van der Waals surface area contributed by atoms with E-state index >= 15 is 0 Å². The number of fused-ring (bicyclic) bond motifs is 1. The Morgan fingerprint density at radius 2 is 2.43 bits per heavy atom. The normalized spacial score (nSPS) is 11.1. The molecular weight excluding hydrogens is 198 g/mol. The van der Waals surface area contributed by atoms with E-state index in [4.69, 9.17) is 5.73 Å². The maximum absolute atomic E-state index is 5.51. The smallest absolute Gasteiger partial charge is 0.241 e. The predicted octanol–water partition coefficient (Wildman–Crippen LogP) is 1.37. The molecule has 70 valence electrons. The molecule has 0 radical (unpaired) electrons. The second-order valence-corrected chi connectivity index (χ2v) is 3.72. The Balaban J connectivity index is 2.31. The third kappa shape index (κ3) is 0.942. The van der Waals surface area contributed by atoms with Gasteiger partial charge in [0.05, 0.1) is 5.69 Å².